The van der Waals surface area contributed by atoms with E-state index in [-0.39, 0.29) is 11.9 Å². The van der Waals surface area contributed by atoms with E-state index >= 15 is 0 Å². The molecule has 0 aliphatic carbocycles. The summed E-state index contributed by atoms with van der Waals surface area (Å²) in [5.74, 6) is -0.110. The van der Waals surface area contributed by atoms with Gasteiger partial charge in [0.2, 0.25) is 0 Å². The second kappa shape index (κ2) is 8.09. The lowest BCUT2D eigenvalue weighted by molar-refractivity contribution is 0.0904. The molecule has 0 radical (unpaired) electrons. The molecule has 0 saturated carbocycles. The van der Waals surface area contributed by atoms with E-state index < -0.39 is 0 Å². The van der Waals surface area contributed by atoms with Crippen LogP contribution in [0.4, 0.5) is 0 Å². The van der Waals surface area contributed by atoms with Crippen LogP contribution in [0, 0.1) is 0 Å². The van der Waals surface area contributed by atoms with Crippen LogP contribution in [0.1, 0.15) is 28.9 Å². The van der Waals surface area contributed by atoms with E-state index in [9.17, 15) is 4.79 Å². The van der Waals surface area contributed by atoms with Gasteiger partial charge in [0.15, 0.2) is 0 Å². The van der Waals surface area contributed by atoms with Gasteiger partial charge >= 0.3 is 0 Å². The Hall–Kier alpha value is -3.06. The number of hydrogen-bond donors (Lipinski definition) is 2. The smallest absolute Gasteiger partial charge is 0.270 e. The van der Waals surface area contributed by atoms with Gasteiger partial charge in [0.25, 0.3) is 5.91 Å². The summed E-state index contributed by atoms with van der Waals surface area (Å²) in [5.41, 5.74) is 3.61. The average Bonchev–Trinajstić information content (AvgIpc) is 3.25. The lowest BCUT2D eigenvalue weighted by atomic mass is 10.0. The Morgan fingerprint density at radius 1 is 1.11 bits per heavy atom. The van der Waals surface area contributed by atoms with Crippen LogP contribution in [0.3, 0.4) is 0 Å². The van der Waals surface area contributed by atoms with Crippen LogP contribution in [0.25, 0.3) is 11.1 Å². The van der Waals surface area contributed by atoms with Gasteiger partial charge < -0.3 is 5.32 Å². The number of hydrogen-bond acceptors (Lipinski definition) is 5. The Bertz CT molecular complexity index is 855. The fraction of sp³-hybridized carbons (Fsp3) is 0.300. The molecule has 1 aliphatic rings. The zero-order valence-electron chi connectivity index (χ0n) is 15.0. The zero-order valence-corrected chi connectivity index (χ0v) is 15.0. The normalized spacial score (nSPS) is 15.6. The van der Waals surface area contributed by atoms with Crippen molar-refractivity contribution in [3.8, 4) is 11.1 Å². The Morgan fingerprint density at radius 2 is 1.93 bits per heavy atom. The SMILES string of the molecule is O=C(NC1CCN(Cc2ccncc2)CC1)c1ccc(-c2cn[nH]c2)cn1. The van der Waals surface area contributed by atoms with Crippen LogP contribution >= 0.6 is 0 Å². The minimum absolute atomic E-state index is 0.110. The zero-order chi connectivity index (χ0) is 18.5. The Balaban J connectivity index is 1.28. The summed E-state index contributed by atoms with van der Waals surface area (Å²) in [6.07, 6.45) is 10.8. The number of carbonyl (C=O) groups excluding carboxylic acids is 1. The maximum atomic E-state index is 12.5. The molecular weight excluding hydrogens is 340 g/mol. The van der Waals surface area contributed by atoms with Crippen molar-refractivity contribution in [1.82, 2.24) is 30.4 Å². The minimum atomic E-state index is -0.110. The molecule has 1 aliphatic heterocycles. The molecule has 0 aromatic carbocycles. The summed E-state index contributed by atoms with van der Waals surface area (Å²) in [5, 5.41) is 9.82. The first-order chi connectivity index (χ1) is 13.3. The number of carbonyl (C=O) groups is 1. The molecule has 1 saturated heterocycles. The number of aromatic amines is 1. The van der Waals surface area contributed by atoms with Gasteiger partial charge in [0.1, 0.15) is 5.69 Å². The number of piperidine rings is 1. The van der Waals surface area contributed by atoms with E-state index in [4.69, 9.17) is 0 Å². The Labute approximate surface area is 157 Å². The molecular formula is C20H22N6O. The summed E-state index contributed by atoms with van der Waals surface area (Å²) in [6, 6.07) is 7.95. The van der Waals surface area contributed by atoms with Crippen molar-refractivity contribution in [3.05, 3.63) is 66.5 Å². The van der Waals surface area contributed by atoms with Crippen LogP contribution in [0.5, 0.6) is 0 Å². The first-order valence-corrected chi connectivity index (χ1v) is 9.15. The quantitative estimate of drug-likeness (QED) is 0.727. The van der Waals surface area contributed by atoms with Gasteiger partial charge in [0, 0.05) is 61.6 Å². The molecule has 2 N–H and O–H groups in total. The van der Waals surface area contributed by atoms with Crippen LogP contribution in [-0.4, -0.2) is 50.1 Å². The fourth-order valence-corrected chi connectivity index (χ4v) is 3.35. The number of H-pyrrole nitrogens is 1. The maximum Gasteiger partial charge on any atom is 0.270 e. The third-order valence-corrected chi connectivity index (χ3v) is 4.91. The summed E-state index contributed by atoms with van der Waals surface area (Å²) >= 11 is 0. The standard InChI is InChI=1S/C20H22N6O/c27-20(19-2-1-16(11-22-19)17-12-23-24-13-17)25-18-5-9-26(10-6-18)14-15-3-7-21-8-4-15/h1-4,7-8,11-13,18H,5-6,9-10,14H2,(H,23,24)(H,25,27). The highest BCUT2D eigenvalue weighted by Gasteiger charge is 2.21. The molecule has 138 valence electrons. The number of aromatic nitrogens is 4. The van der Waals surface area contributed by atoms with Crippen LogP contribution in [-0.2, 0) is 6.54 Å². The molecule has 3 aromatic heterocycles. The minimum Gasteiger partial charge on any atom is -0.348 e. The van der Waals surface area contributed by atoms with E-state index in [1.54, 1.807) is 24.7 Å². The second-order valence-corrected chi connectivity index (χ2v) is 6.80. The predicted octanol–water partition coefficient (Wildman–Crippen LogP) is 2.26. The van der Waals surface area contributed by atoms with Gasteiger partial charge in [-0.25, -0.2) is 0 Å². The summed E-state index contributed by atoms with van der Waals surface area (Å²) in [4.78, 5) is 23.2. The van der Waals surface area contributed by atoms with Gasteiger partial charge in [-0.05, 0) is 36.6 Å². The van der Waals surface area contributed by atoms with E-state index in [0.717, 1.165) is 43.6 Å². The summed E-state index contributed by atoms with van der Waals surface area (Å²) < 4.78 is 0. The second-order valence-electron chi connectivity index (χ2n) is 6.80. The number of nitrogens with zero attached hydrogens (tertiary/aromatic N) is 4. The predicted molar refractivity (Wildman–Crippen MR) is 102 cm³/mol. The van der Waals surface area contributed by atoms with E-state index in [0.29, 0.717) is 5.69 Å². The summed E-state index contributed by atoms with van der Waals surface area (Å²) in [7, 11) is 0. The Kier molecular flexibility index (Phi) is 5.20. The highest BCUT2D eigenvalue weighted by atomic mass is 16.1. The summed E-state index contributed by atoms with van der Waals surface area (Å²) in [6.45, 7) is 2.88. The molecule has 7 nitrogen and oxygen atoms in total. The van der Waals surface area contributed by atoms with Gasteiger partial charge in [-0.2, -0.15) is 5.10 Å². The van der Waals surface area contributed by atoms with Crippen molar-refractivity contribution in [2.75, 3.05) is 13.1 Å². The topological polar surface area (TPSA) is 86.8 Å². The highest BCUT2D eigenvalue weighted by Crippen LogP contribution is 2.17. The first kappa shape index (κ1) is 17.4. The number of amides is 1. The van der Waals surface area contributed by atoms with Crippen molar-refractivity contribution < 1.29 is 4.79 Å². The molecule has 4 heterocycles. The number of pyridine rings is 2. The third-order valence-electron chi connectivity index (χ3n) is 4.91. The molecule has 27 heavy (non-hydrogen) atoms. The largest absolute Gasteiger partial charge is 0.348 e. The number of likely N-dealkylation sites (tertiary alicyclic amines) is 1. The van der Waals surface area contributed by atoms with Crippen LogP contribution < -0.4 is 5.32 Å². The average molecular weight is 362 g/mol. The van der Waals surface area contributed by atoms with Crippen LogP contribution in [0.2, 0.25) is 0 Å². The molecule has 0 spiro atoms. The number of nitrogens with one attached hydrogen (secondary N) is 2. The van der Waals surface area contributed by atoms with Crippen molar-refractivity contribution in [2.24, 2.45) is 0 Å². The highest BCUT2D eigenvalue weighted by molar-refractivity contribution is 5.92. The molecule has 0 bridgehead atoms. The maximum absolute atomic E-state index is 12.5. The fourth-order valence-electron chi connectivity index (χ4n) is 3.35. The van der Waals surface area contributed by atoms with Crippen molar-refractivity contribution in [2.45, 2.75) is 25.4 Å². The van der Waals surface area contributed by atoms with E-state index in [1.165, 1.54) is 5.56 Å². The molecule has 3 aromatic rings. The molecule has 1 fully saturated rings. The Morgan fingerprint density at radius 3 is 2.59 bits per heavy atom. The van der Waals surface area contributed by atoms with Crippen LogP contribution in [0.15, 0.2) is 55.2 Å². The van der Waals surface area contributed by atoms with E-state index in [2.05, 4.69) is 30.4 Å². The molecule has 0 atom stereocenters. The molecule has 0 unspecified atom stereocenters. The lowest BCUT2D eigenvalue weighted by Crippen LogP contribution is -2.44. The molecule has 4 rings (SSSR count). The van der Waals surface area contributed by atoms with Gasteiger partial charge in [0.05, 0.1) is 6.20 Å². The molecule has 1 amide bonds. The van der Waals surface area contributed by atoms with Gasteiger partial charge in [-0.3, -0.25) is 24.8 Å². The first-order valence-electron chi connectivity index (χ1n) is 9.15. The lowest BCUT2D eigenvalue weighted by Gasteiger charge is -2.32. The van der Waals surface area contributed by atoms with Crippen molar-refractivity contribution >= 4 is 5.91 Å². The molecule has 7 heteroatoms. The monoisotopic (exact) mass is 362 g/mol. The van der Waals surface area contributed by atoms with Gasteiger partial charge in [-0.15, -0.1) is 0 Å². The van der Waals surface area contributed by atoms with Gasteiger partial charge in [-0.1, -0.05) is 6.07 Å². The number of rotatable bonds is 5. The third kappa shape index (κ3) is 4.38. The van der Waals surface area contributed by atoms with Crippen molar-refractivity contribution in [3.63, 3.8) is 0 Å². The van der Waals surface area contributed by atoms with Crippen molar-refractivity contribution in [1.29, 1.82) is 0 Å². The van der Waals surface area contributed by atoms with E-state index in [1.807, 2.05) is 30.6 Å².